The van der Waals surface area contributed by atoms with Crippen LogP contribution in [0, 0.1) is 13.8 Å². The molecule has 0 saturated carbocycles. The molecule has 0 bridgehead atoms. The number of aromatic nitrogens is 2. The number of fused-ring (bicyclic) bond motifs is 2. The van der Waals surface area contributed by atoms with E-state index in [0.29, 0.717) is 21.9 Å². The van der Waals surface area contributed by atoms with Crippen LogP contribution in [0.4, 0.5) is 0 Å². The van der Waals surface area contributed by atoms with Crippen LogP contribution in [0.5, 0.6) is 0 Å². The Balaban J connectivity index is 1.68. The molecule has 4 heteroatoms. The lowest BCUT2D eigenvalue weighted by atomic mass is 9.93. The van der Waals surface area contributed by atoms with E-state index in [2.05, 4.69) is 9.97 Å². The molecule has 4 aromatic carbocycles. The number of hydrogen-bond acceptors (Lipinski definition) is 2. The minimum absolute atomic E-state index is 0.0564. The van der Waals surface area contributed by atoms with Crippen LogP contribution in [0.1, 0.15) is 22.3 Å². The van der Waals surface area contributed by atoms with Crippen LogP contribution in [0.25, 0.3) is 44.3 Å². The number of H-pyrrole nitrogens is 2. The van der Waals surface area contributed by atoms with Crippen LogP contribution in [0.2, 0.25) is 0 Å². The zero-order valence-electron chi connectivity index (χ0n) is 20.8. The van der Waals surface area contributed by atoms with Crippen LogP contribution in [0.3, 0.4) is 0 Å². The van der Waals surface area contributed by atoms with Crippen molar-refractivity contribution in [1.29, 1.82) is 0 Å². The normalized spacial score (nSPS) is 11.3. The molecule has 0 spiro atoms. The molecule has 0 aliphatic carbocycles. The molecular formula is C33H26N2O2. The van der Waals surface area contributed by atoms with Crippen molar-refractivity contribution in [3.63, 3.8) is 0 Å². The van der Waals surface area contributed by atoms with Crippen molar-refractivity contribution in [2.24, 2.45) is 0 Å². The van der Waals surface area contributed by atoms with E-state index in [1.54, 1.807) is 0 Å². The molecule has 0 aliphatic heterocycles. The van der Waals surface area contributed by atoms with E-state index in [9.17, 15) is 9.59 Å². The average molecular weight is 483 g/mol. The Bertz CT molecular complexity index is 1760. The molecular weight excluding hydrogens is 456 g/mol. The van der Waals surface area contributed by atoms with Crippen molar-refractivity contribution in [2.45, 2.75) is 20.3 Å². The molecule has 2 aromatic heterocycles. The van der Waals surface area contributed by atoms with Gasteiger partial charge >= 0.3 is 0 Å². The molecule has 0 fully saturated rings. The first-order chi connectivity index (χ1) is 18.0. The first-order valence-corrected chi connectivity index (χ1v) is 12.4. The first-order valence-electron chi connectivity index (χ1n) is 12.4. The lowest BCUT2D eigenvalue weighted by molar-refractivity contribution is 1.12. The van der Waals surface area contributed by atoms with Crippen molar-refractivity contribution in [2.75, 3.05) is 0 Å². The predicted molar refractivity (Wildman–Crippen MR) is 152 cm³/mol. The second-order valence-corrected chi connectivity index (χ2v) is 9.62. The molecule has 0 saturated heterocycles. The Kier molecular flexibility index (Phi) is 5.57. The molecule has 6 rings (SSSR count). The van der Waals surface area contributed by atoms with Crippen LogP contribution in [0.15, 0.2) is 107 Å². The Hall–Kier alpha value is -4.70. The number of rotatable bonds is 4. The Morgan fingerprint density at radius 2 is 0.946 bits per heavy atom. The van der Waals surface area contributed by atoms with Crippen molar-refractivity contribution >= 4 is 21.8 Å². The summed E-state index contributed by atoms with van der Waals surface area (Å²) >= 11 is 0. The molecule has 0 amide bonds. The fraction of sp³-hybridized carbons (Fsp3) is 0.0909. The Morgan fingerprint density at radius 3 is 1.35 bits per heavy atom. The molecule has 2 N–H and O–H groups in total. The van der Waals surface area contributed by atoms with Crippen molar-refractivity contribution in [3.05, 3.63) is 140 Å². The molecule has 0 aliphatic rings. The molecule has 0 unspecified atom stereocenters. The number of nitrogens with one attached hydrogen (secondary N) is 2. The van der Waals surface area contributed by atoms with Crippen molar-refractivity contribution < 1.29 is 0 Å². The van der Waals surface area contributed by atoms with Crippen molar-refractivity contribution in [1.82, 2.24) is 9.97 Å². The minimum atomic E-state index is -0.0564. The highest BCUT2D eigenvalue weighted by molar-refractivity contribution is 5.86. The first kappa shape index (κ1) is 22.7. The fourth-order valence-electron chi connectivity index (χ4n) is 5.10. The standard InChI is InChI=1S/C33H26N2O2/c1-20-13-15-28-24(17-20)32(36)26(30(34-28)22-9-5-3-6-10-22)19-27-31(23-11-7-4-8-12-23)35-29-16-14-21(2)18-25(29)33(27)37/h3-18H,19H2,1-2H3,(H,34,36)(H,35,37). The number of benzene rings is 4. The fourth-order valence-corrected chi connectivity index (χ4v) is 5.10. The van der Waals surface area contributed by atoms with E-state index in [4.69, 9.17) is 0 Å². The number of aryl methyl sites for hydroxylation is 2. The van der Waals surface area contributed by atoms with Gasteiger partial charge in [0.2, 0.25) is 0 Å². The highest BCUT2D eigenvalue weighted by Gasteiger charge is 2.20. The van der Waals surface area contributed by atoms with Gasteiger partial charge in [0.25, 0.3) is 0 Å². The van der Waals surface area contributed by atoms with Gasteiger partial charge in [-0.25, -0.2) is 0 Å². The van der Waals surface area contributed by atoms with Gasteiger partial charge in [0, 0.05) is 39.4 Å². The lowest BCUT2D eigenvalue weighted by Gasteiger charge is -2.16. The highest BCUT2D eigenvalue weighted by atomic mass is 16.1. The predicted octanol–water partition coefficient (Wildman–Crippen LogP) is 6.91. The summed E-state index contributed by atoms with van der Waals surface area (Å²) in [4.78, 5) is 35.1. The van der Waals surface area contributed by atoms with Gasteiger partial charge in [-0.1, -0.05) is 83.9 Å². The third-order valence-corrected chi connectivity index (χ3v) is 6.99. The summed E-state index contributed by atoms with van der Waals surface area (Å²) in [6, 6.07) is 31.4. The van der Waals surface area contributed by atoms with Gasteiger partial charge in [-0.2, -0.15) is 0 Å². The van der Waals surface area contributed by atoms with Gasteiger partial charge in [-0.15, -0.1) is 0 Å². The SMILES string of the molecule is Cc1ccc2[nH]c(-c3ccccc3)c(Cc3c(-c4ccccc4)[nH]c4ccc(C)cc4c3=O)c(=O)c2c1. The number of hydrogen-bond donors (Lipinski definition) is 2. The second-order valence-electron chi connectivity index (χ2n) is 9.62. The lowest BCUT2D eigenvalue weighted by Crippen LogP contribution is -2.19. The van der Waals surface area contributed by atoms with Gasteiger partial charge in [-0.3, -0.25) is 9.59 Å². The smallest absolute Gasteiger partial charge is 0.193 e. The number of pyridine rings is 2. The highest BCUT2D eigenvalue weighted by Crippen LogP contribution is 2.28. The second kappa shape index (κ2) is 9.07. The van der Waals surface area contributed by atoms with Crippen LogP contribution in [-0.2, 0) is 6.42 Å². The summed E-state index contributed by atoms with van der Waals surface area (Å²) in [5.74, 6) is 0. The third kappa shape index (κ3) is 4.07. The topological polar surface area (TPSA) is 65.7 Å². The minimum Gasteiger partial charge on any atom is -0.354 e. The van der Waals surface area contributed by atoms with Crippen LogP contribution in [-0.4, -0.2) is 9.97 Å². The van der Waals surface area contributed by atoms with Gasteiger partial charge < -0.3 is 9.97 Å². The molecule has 0 radical (unpaired) electrons. The third-order valence-electron chi connectivity index (χ3n) is 6.99. The molecule has 180 valence electrons. The van der Waals surface area contributed by atoms with E-state index in [-0.39, 0.29) is 17.3 Å². The van der Waals surface area contributed by atoms with Gasteiger partial charge in [0.15, 0.2) is 10.9 Å². The Morgan fingerprint density at radius 1 is 0.541 bits per heavy atom. The molecule has 0 atom stereocenters. The van der Waals surface area contributed by atoms with E-state index >= 15 is 0 Å². The van der Waals surface area contributed by atoms with Crippen molar-refractivity contribution in [3.8, 4) is 22.5 Å². The molecule has 2 heterocycles. The summed E-state index contributed by atoms with van der Waals surface area (Å²) in [6.45, 7) is 3.96. The molecule has 37 heavy (non-hydrogen) atoms. The largest absolute Gasteiger partial charge is 0.354 e. The van der Waals surface area contributed by atoms with Gasteiger partial charge in [0.1, 0.15) is 0 Å². The van der Waals surface area contributed by atoms with E-state index in [1.807, 2.05) is 111 Å². The van der Waals surface area contributed by atoms with E-state index in [1.165, 1.54) is 0 Å². The summed E-state index contributed by atoms with van der Waals surface area (Å²) in [7, 11) is 0. The van der Waals surface area contributed by atoms with E-state index in [0.717, 1.165) is 44.7 Å². The van der Waals surface area contributed by atoms with Crippen LogP contribution >= 0.6 is 0 Å². The maximum Gasteiger partial charge on any atom is 0.193 e. The Labute approximate surface area is 214 Å². The zero-order valence-corrected chi connectivity index (χ0v) is 20.8. The summed E-state index contributed by atoms with van der Waals surface area (Å²) in [6.07, 6.45) is 0.201. The maximum atomic E-state index is 14.0. The zero-order chi connectivity index (χ0) is 25.5. The average Bonchev–Trinajstić information content (AvgIpc) is 2.93. The summed E-state index contributed by atoms with van der Waals surface area (Å²) < 4.78 is 0. The van der Waals surface area contributed by atoms with E-state index < -0.39 is 0 Å². The maximum absolute atomic E-state index is 14.0. The molecule has 6 aromatic rings. The van der Waals surface area contributed by atoms with Gasteiger partial charge in [-0.05, 0) is 49.2 Å². The number of aromatic amines is 2. The molecule has 4 nitrogen and oxygen atoms in total. The summed E-state index contributed by atoms with van der Waals surface area (Å²) in [5.41, 5.74) is 7.94. The quantitative estimate of drug-likeness (QED) is 0.287. The summed E-state index contributed by atoms with van der Waals surface area (Å²) in [5, 5.41) is 1.26. The van der Waals surface area contributed by atoms with Crippen LogP contribution < -0.4 is 10.9 Å². The monoisotopic (exact) mass is 482 g/mol. The van der Waals surface area contributed by atoms with Gasteiger partial charge in [0.05, 0.1) is 11.4 Å².